The summed E-state index contributed by atoms with van der Waals surface area (Å²) in [6.07, 6.45) is 3.25. The largest absolute Gasteiger partial charge is 0.478 e. The molecule has 0 spiro atoms. The molecule has 1 aromatic heterocycles. The summed E-state index contributed by atoms with van der Waals surface area (Å²) in [6.45, 7) is 5.47. The minimum atomic E-state index is -0.991. The number of carbonyl (C=O) groups is 1. The van der Waals surface area contributed by atoms with Crippen LogP contribution in [0.3, 0.4) is 0 Å². The molecule has 0 amide bonds. The SMILES string of the molecule is CCCN1CCC(Nc2cc(C(=O)O)cc(Cl)n2)CC1. The monoisotopic (exact) mass is 297 g/mol. The predicted octanol–water partition coefficient (Wildman–Crippen LogP) is 2.72. The normalized spacial score (nSPS) is 17.1. The van der Waals surface area contributed by atoms with Crippen LogP contribution in [0.1, 0.15) is 36.5 Å². The molecule has 1 aromatic rings. The van der Waals surface area contributed by atoms with Gasteiger partial charge in [0.05, 0.1) is 5.56 Å². The number of nitrogens with one attached hydrogen (secondary N) is 1. The summed E-state index contributed by atoms with van der Waals surface area (Å²) in [6, 6.07) is 3.22. The second-order valence-corrected chi connectivity index (χ2v) is 5.52. The van der Waals surface area contributed by atoms with Gasteiger partial charge in [-0.1, -0.05) is 18.5 Å². The third-order valence-corrected chi connectivity index (χ3v) is 3.71. The van der Waals surface area contributed by atoms with Crippen LogP contribution in [0.4, 0.5) is 5.82 Å². The summed E-state index contributed by atoms with van der Waals surface area (Å²) in [7, 11) is 0. The Hall–Kier alpha value is -1.33. The molecule has 2 heterocycles. The van der Waals surface area contributed by atoms with Gasteiger partial charge in [0.1, 0.15) is 11.0 Å². The first-order chi connectivity index (χ1) is 9.58. The highest BCUT2D eigenvalue weighted by Crippen LogP contribution is 2.19. The molecule has 1 aliphatic heterocycles. The smallest absolute Gasteiger partial charge is 0.335 e. The van der Waals surface area contributed by atoms with Crippen molar-refractivity contribution in [2.45, 2.75) is 32.2 Å². The molecular formula is C14H20ClN3O2. The summed E-state index contributed by atoms with van der Waals surface area (Å²) >= 11 is 5.85. The van der Waals surface area contributed by atoms with Gasteiger partial charge in [0.25, 0.3) is 0 Å². The molecule has 2 rings (SSSR count). The molecule has 0 saturated carbocycles. The topological polar surface area (TPSA) is 65.5 Å². The van der Waals surface area contributed by atoms with Crippen LogP contribution in [0.15, 0.2) is 12.1 Å². The van der Waals surface area contributed by atoms with Crippen molar-refractivity contribution in [2.24, 2.45) is 0 Å². The Labute approximate surface area is 123 Å². The van der Waals surface area contributed by atoms with Crippen LogP contribution >= 0.6 is 11.6 Å². The lowest BCUT2D eigenvalue weighted by molar-refractivity contribution is 0.0697. The number of piperidine rings is 1. The van der Waals surface area contributed by atoms with Crippen molar-refractivity contribution in [2.75, 3.05) is 25.0 Å². The van der Waals surface area contributed by atoms with Crippen molar-refractivity contribution in [3.8, 4) is 0 Å². The third kappa shape index (κ3) is 4.08. The second-order valence-electron chi connectivity index (χ2n) is 5.13. The van der Waals surface area contributed by atoms with Crippen LogP contribution in [0.5, 0.6) is 0 Å². The van der Waals surface area contributed by atoms with E-state index < -0.39 is 5.97 Å². The van der Waals surface area contributed by atoms with E-state index in [4.69, 9.17) is 16.7 Å². The number of carboxylic acid groups (broad SMARTS) is 1. The Bertz CT molecular complexity index is 473. The minimum Gasteiger partial charge on any atom is -0.478 e. The molecule has 20 heavy (non-hydrogen) atoms. The van der Waals surface area contributed by atoms with Crippen molar-refractivity contribution in [1.82, 2.24) is 9.88 Å². The van der Waals surface area contributed by atoms with Gasteiger partial charge in [-0.15, -0.1) is 0 Å². The molecule has 0 atom stereocenters. The molecule has 2 N–H and O–H groups in total. The number of halogens is 1. The number of likely N-dealkylation sites (tertiary alicyclic amines) is 1. The summed E-state index contributed by atoms with van der Waals surface area (Å²) in [4.78, 5) is 17.6. The molecule has 0 radical (unpaired) electrons. The molecule has 1 fully saturated rings. The van der Waals surface area contributed by atoms with Crippen LogP contribution in [0, 0.1) is 0 Å². The van der Waals surface area contributed by atoms with Crippen LogP contribution in [0.2, 0.25) is 5.15 Å². The minimum absolute atomic E-state index is 0.163. The summed E-state index contributed by atoms with van der Waals surface area (Å²) in [5, 5.41) is 12.5. The average Bonchev–Trinajstić information content (AvgIpc) is 2.40. The maximum absolute atomic E-state index is 11.0. The van der Waals surface area contributed by atoms with Gasteiger partial charge in [-0.2, -0.15) is 0 Å². The summed E-state index contributed by atoms with van der Waals surface area (Å²) in [5.74, 6) is -0.445. The van der Waals surface area contributed by atoms with E-state index in [0.717, 1.165) is 32.5 Å². The highest BCUT2D eigenvalue weighted by molar-refractivity contribution is 6.29. The average molecular weight is 298 g/mol. The molecule has 110 valence electrons. The van der Waals surface area contributed by atoms with E-state index in [1.807, 2.05) is 0 Å². The van der Waals surface area contributed by atoms with E-state index in [2.05, 4.69) is 22.1 Å². The van der Waals surface area contributed by atoms with E-state index in [9.17, 15) is 4.79 Å². The van der Waals surface area contributed by atoms with Crippen molar-refractivity contribution >= 4 is 23.4 Å². The maximum Gasteiger partial charge on any atom is 0.335 e. The van der Waals surface area contributed by atoms with Crippen molar-refractivity contribution < 1.29 is 9.90 Å². The maximum atomic E-state index is 11.0. The number of hydrogen-bond acceptors (Lipinski definition) is 4. The number of aromatic nitrogens is 1. The molecule has 1 saturated heterocycles. The number of nitrogens with zero attached hydrogens (tertiary/aromatic N) is 2. The second kappa shape index (κ2) is 6.90. The lowest BCUT2D eigenvalue weighted by Crippen LogP contribution is -2.39. The van der Waals surface area contributed by atoms with Crippen LogP contribution in [-0.2, 0) is 0 Å². The molecule has 5 nitrogen and oxygen atoms in total. The Morgan fingerprint density at radius 3 is 2.80 bits per heavy atom. The van der Waals surface area contributed by atoms with Gasteiger partial charge in [-0.25, -0.2) is 9.78 Å². The number of aromatic carboxylic acids is 1. The Kier molecular flexibility index (Phi) is 5.20. The van der Waals surface area contributed by atoms with Crippen LogP contribution in [-0.4, -0.2) is 46.6 Å². The molecule has 1 aliphatic rings. The first-order valence-corrected chi connectivity index (χ1v) is 7.36. The fourth-order valence-electron chi connectivity index (χ4n) is 2.52. The van der Waals surface area contributed by atoms with E-state index in [0.29, 0.717) is 11.9 Å². The lowest BCUT2D eigenvalue weighted by Gasteiger charge is -2.32. The van der Waals surface area contributed by atoms with Gasteiger partial charge in [0.15, 0.2) is 0 Å². The Morgan fingerprint density at radius 1 is 1.50 bits per heavy atom. The Balaban J connectivity index is 1.96. The van der Waals surface area contributed by atoms with E-state index >= 15 is 0 Å². The van der Waals surface area contributed by atoms with E-state index in [1.54, 1.807) is 0 Å². The third-order valence-electron chi connectivity index (χ3n) is 3.52. The number of hydrogen-bond donors (Lipinski definition) is 2. The van der Waals surface area contributed by atoms with Crippen molar-refractivity contribution in [3.05, 3.63) is 22.8 Å². The van der Waals surface area contributed by atoms with E-state index in [-0.39, 0.29) is 10.7 Å². The first-order valence-electron chi connectivity index (χ1n) is 6.98. The quantitative estimate of drug-likeness (QED) is 0.818. The van der Waals surface area contributed by atoms with Crippen molar-refractivity contribution in [1.29, 1.82) is 0 Å². The van der Waals surface area contributed by atoms with Gasteiger partial charge < -0.3 is 15.3 Å². The van der Waals surface area contributed by atoms with Crippen LogP contribution in [0.25, 0.3) is 0 Å². The summed E-state index contributed by atoms with van der Waals surface area (Å²) < 4.78 is 0. The fourth-order valence-corrected chi connectivity index (χ4v) is 2.73. The van der Waals surface area contributed by atoms with Gasteiger partial charge in [0, 0.05) is 19.1 Å². The zero-order chi connectivity index (χ0) is 14.5. The number of carboxylic acids is 1. The van der Waals surface area contributed by atoms with Gasteiger partial charge in [-0.05, 0) is 37.9 Å². The number of pyridine rings is 1. The Morgan fingerprint density at radius 2 is 2.20 bits per heavy atom. The molecule has 6 heteroatoms. The highest BCUT2D eigenvalue weighted by atomic mass is 35.5. The molecular weight excluding hydrogens is 278 g/mol. The number of rotatable bonds is 5. The van der Waals surface area contributed by atoms with Crippen LogP contribution < -0.4 is 5.32 Å². The zero-order valence-electron chi connectivity index (χ0n) is 11.6. The van der Waals surface area contributed by atoms with Gasteiger partial charge >= 0.3 is 5.97 Å². The standard InChI is InChI=1S/C14H20ClN3O2/c1-2-5-18-6-3-11(4-7-18)16-13-9-10(14(19)20)8-12(15)17-13/h8-9,11H,2-7H2,1H3,(H,16,17)(H,19,20). The van der Waals surface area contributed by atoms with Gasteiger partial charge in [0.2, 0.25) is 0 Å². The van der Waals surface area contributed by atoms with Gasteiger partial charge in [-0.3, -0.25) is 0 Å². The van der Waals surface area contributed by atoms with Crippen molar-refractivity contribution in [3.63, 3.8) is 0 Å². The molecule has 0 aliphatic carbocycles. The fraction of sp³-hybridized carbons (Fsp3) is 0.571. The molecule has 0 aromatic carbocycles. The first kappa shape index (κ1) is 15.1. The highest BCUT2D eigenvalue weighted by Gasteiger charge is 2.19. The predicted molar refractivity (Wildman–Crippen MR) is 79.6 cm³/mol. The number of anilines is 1. The molecule has 0 bridgehead atoms. The lowest BCUT2D eigenvalue weighted by atomic mass is 10.0. The van der Waals surface area contributed by atoms with E-state index in [1.165, 1.54) is 18.6 Å². The molecule has 0 unspecified atom stereocenters. The zero-order valence-corrected chi connectivity index (χ0v) is 12.4. The summed E-state index contributed by atoms with van der Waals surface area (Å²) in [5.41, 5.74) is 0.163.